The Balaban J connectivity index is 2.04. The van der Waals surface area contributed by atoms with Crippen LogP contribution in [0.4, 0.5) is 0 Å². The summed E-state index contributed by atoms with van der Waals surface area (Å²) in [5, 5.41) is 19.0. The quantitative estimate of drug-likeness (QED) is 0.611. The average molecular weight is 276 g/mol. The van der Waals surface area contributed by atoms with Crippen LogP contribution in [-0.2, 0) is 6.61 Å². The fourth-order valence-corrected chi connectivity index (χ4v) is 2.47. The molecule has 5 nitrogen and oxygen atoms in total. The van der Waals surface area contributed by atoms with E-state index in [4.69, 9.17) is 0 Å². The predicted molar refractivity (Wildman–Crippen MR) is 80.1 cm³/mol. The van der Waals surface area contributed by atoms with E-state index in [1.165, 1.54) is 0 Å². The minimum absolute atomic E-state index is 0.0959. The molecule has 0 aliphatic heterocycles. The Morgan fingerprint density at radius 3 is 2.57 bits per heavy atom. The molecule has 0 radical (unpaired) electrons. The Bertz CT molecular complexity index is 945. The van der Waals surface area contributed by atoms with Crippen LogP contribution in [0, 0.1) is 0 Å². The van der Waals surface area contributed by atoms with E-state index in [-0.39, 0.29) is 6.61 Å². The molecule has 4 aromatic rings. The van der Waals surface area contributed by atoms with Crippen LogP contribution in [0.1, 0.15) is 5.56 Å². The zero-order valence-electron chi connectivity index (χ0n) is 11.1. The van der Waals surface area contributed by atoms with Crippen molar-refractivity contribution in [3.63, 3.8) is 0 Å². The van der Waals surface area contributed by atoms with Gasteiger partial charge in [-0.1, -0.05) is 35.5 Å². The standard InChI is InChI=1S/C16H12N4O/c21-10-12-9-11-5-1-2-6-13(11)17-16(12)20-15-8-4-3-7-14(15)18-19-20/h1-9,21H,10H2. The highest BCUT2D eigenvalue weighted by Gasteiger charge is 2.12. The lowest BCUT2D eigenvalue weighted by Gasteiger charge is -2.09. The molecule has 0 unspecified atom stereocenters. The van der Waals surface area contributed by atoms with Crippen molar-refractivity contribution < 1.29 is 5.11 Å². The number of pyridine rings is 1. The fourth-order valence-electron chi connectivity index (χ4n) is 2.47. The number of aliphatic hydroxyl groups is 1. The highest BCUT2D eigenvalue weighted by molar-refractivity contribution is 5.82. The molecular formula is C16H12N4O. The number of nitrogens with zero attached hydrogens (tertiary/aromatic N) is 4. The maximum Gasteiger partial charge on any atom is 0.162 e. The molecule has 102 valence electrons. The SMILES string of the molecule is OCc1cc2ccccc2nc1-n1nnc2ccccc21. The number of rotatable bonds is 2. The Morgan fingerprint density at radius 2 is 1.71 bits per heavy atom. The molecule has 0 amide bonds. The zero-order valence-corrected chi connectivity index (χ0v) is 11.1. The summed E-state index contributed by atoms with van der Waals surface area (Å²) in [5.74, 6) is 0.616. The Hall–Kier alpha value is -2.79. The molecule has 0 spiro atoms. The lowest BCUT2D eigenvalue weighted by molar-refractivity contribution is 0.281. The van der Waals surface area contributed by atoms with Crippen LogP contribution in [0.2, 0.25) is 0 Å². The molecule has 1 N–H and O–H groups in total. The minimum Gasteiger partial charge on any atom is -0.392 e. The van der Waals surface area contributed by atoms with Crippen molar-refractivity contribution >= 4 is 21.9 Å². The molecule has 2 aromatic carbocycles. The van der Waals surface area contributed by atoms with Crippen molar-refractivity contribution in [2.24, 2.45) is 0 Å². The van der Waals surface area contributed by atoms with Crippen molar-refractivity contribution in [2.45, 2.75) is 6.61 Å². The molecule has 0 aliphatic rings. The van der Waals surface area contributed by atoms with Gasteiger partial charge in [-0.05, 0) is 24.3 Å². The van der Waals surface area contributed by atoms with Crippen molar-refractivity contribution in [1.29, 1.82) is 0 Å². The van der Waals surface area contributed by atoms with Crippen LogP contribution in [0.25, 0.3) is 27.8 Å². The van der Waals surface area contributed by atoms with Gasteiger partial charge in [0.05, 0.1) is 17.6 Å². The summed E-state index contributed by atoms with van der Waals surface area (Å²) in [7, 11) is 0. The second-order valence-electron chi connectivity index (χ2n) is 4.81. The van der Waals surface area contributed by atoms with Gasteiger partial charge < -0.3 is 5.11 Å². The van der Waals surface area contributed by atoms with Crippen molar-refractivity contribution in [3.05, 3.63) is 60.2 Å². The van der Waals surface area contributed by atoms with E-state index in [1.54, 1.807) is 4.68 Å². The molecule has 2 heterocycles. The summed E-state index contributed by atoms with van der Waals surface area (Å²) in [4.78, 5) is 4.64. The van der Waals surface area contributed by atoms with Crippen LogP contribution in [0.15, 0.2) is 54.6 Å². The number of hydrogen-bond donors (Lipinski definition) is 1. The predicted octanol–water partition coefficient (Wildman–Crippen LogP) is 2.46. The Kier molecular flexibility index (Phi) is 2.65. The maximum absolute atomic E-state index is 9.65. The first-order chi connectivity index (χ1) is 10.4. The molecule has 0 saturated heterocycles. The third-order valence-electron chi connectivity index (χ3n) is 3.50. The normalized spacial score (nSPS) is 11.3. The number of aliphatic hydroxyl groups excluding tert-OH is 1. The highest BCUT2D eigenvalue weighted by atomic mass is 16.3. The molecule has 0 fully saturated rings. The molecule has 4 rings (SSSR count). The van der Waals surface area contributed by atoms with E-state index in [9.17, 15) is 5.11 Å². The lowest BCUT2D eigenvalue weighted by atomic mass is 10.1. The van der Waals surface area contributed by atoms with Crippen molar-refractivity contribution in [1.82, 2.24) is 20.0 Å². The van der Waals surface area contributed by atoms with Gasteiger partial charge in [0.15, 0.2) is 5.82 Å². The molecule has 0 bridgehead atoms. The number of benzene rings is 2. The second-order valence-corrected chi connectivity index (χ2v) is 4.81. The summed E-state index contributed by atoms with van der Waals surface area (Å²) in [5.41, 5.74) is 3.26. The van der Waals surface area contributed by atoms with Gasteiger partial charge in [0.2, 0.25) is 0 Å². The average Bonchev–Trinajstić information content (AvgIpc) is 2.97. The first-order valence-electron chi connectivity index (χ1n) is 6.67. The summed E-state index contributed by atoms with van der Waals surface area (Å²) in [6.45, 7) is -0.0959. The largest absolute Gasteiger partial charge is 0.392 e. The van der Waals surface area contributed by atoms with E-state index in [2.05, 4.69) is 15.3 Å². The van der Waals surface area contributed by atoms with Crippen molar-refractivity contribution in [3.8, 4) is 5.82 Å². The first kappa shape index (κ1) is 12.0. The van der Waals surface area contributed by atoms with Crippen molar-refractivity contribution in [2.75, 3.05) is 0 Å². The van der Waals surface area contributed by atoms with E-state index < -0.39 is 0 Å². The van der Waals surface area contributed by atoms with Crippen LogP contribution in [0.5, 0.6) is 0 Å². The van der Waals surface area contributed by atoms with E-state index in [1.807, 2.05) is 54.6 Å². The highest BCUT2D eigenvalue weighted by Crippen LogP contribution is 2.22. The first-order valence-corrected chi connectivity index (χ1v) is 6.67. The van der Waals surface area contributed by atoms with Gasteiger partial charge in [-0.25, -0.2) is 4.98 Å². The number of fused-ring (bicyclic) bond motifs is 2. The van der Waals surface area contributed by atoms with Gasteiger partial charge in [0, 0.05) is 10.9 Å². The third-order valence-corrected chi connectivity index (χ3v) is 3.50. The fraction of sp³-hybridized carbons (Fsp3) is 0.0625. The molecule has 2 aromatic heterocycles. The molecule has 21 heavy (non-hydrogen) atoms. The van der Waals surface area contributed by atoms with Crippen LogP contribution >= 0.6 is 0 Å². The van der Waals surface area contributed by atoms with Gasteiger partial charge in [-0.3, -0.25) is 0 Å². The summed E-state index contributed by atoms with van der Waals surface area (Å²) in [6.07, 6.45) is 0. The monoisotopic (exact) mass is 276 g/mol. The van der Waals surface area contributed by atoms with E-state index in [0.717, 1.165) is 27.5 Å². The third kappa shape index (κ3) is 1.86. The van der Waals surface area contributed by atoms with Gasteiger partial charge >= 0.3 is 0 Å². The molecule has 0 aliphatic carbocycles. The van der Waals surface area contributed by atoms with Crippen LogP contribution < -0.4 is 0 Å². The van der Waals surface area contributed by atoms with Gasteiger partial charge in [-0.2, -0.15) is 4.68 Å². The minimum atomic E-state index is -0.0959. The summed E-state index contributed by atoms with van der Waals surface area (Å²) < 4.78 is 1.67. The van der Waals surface area contributed by atoms with E-state index in [0.29, 0.717) is 5.82 Å². The van der Waals surface area contributed by atoms with E-state index >= 15 is 0 Å². The smallest absolute Gasteiger partial charge is 0.162 e. The van der Waals surface area contributed by atoms with Crippen LogP contribution in [-0.4, -0.2) is 25.1 Å². The summed E-state index contributed by atoms with van der Waals surface area (Å²) in [6, 6.07) is 17.4. The summed E-state index contributed by atoms with van der Waals surface area (Å²) >= 11 is 0. The zero-order chi connectivity index (χ0) is 14.2. The Labute approximate surface area is 120 Å². The number of aromatic nitrogens is 4. The second kappa shape index (κ2) is 4.64. The van der Waals surface area contributed by atoms with Gasteiger partial charge in [0.25, 0.3) is 0 Å². The van der Waals surface area contributed by atoms with Gasteiger partial charge in [-0.15, -0.1) is 5.10 Å². The molecular weight excluding hydrogens is 264 g/mol. The lowest BCUT2D eigenvalue weighted by Crippen LogP contribution is -2.05. The number of para-hydroxylation sites is 2. The topological polar surface area (TPSA) is 63.8 Å². The maximum atomic E-state index is 9.65. The molecule has 0 atom stereocenters. The van der Waals surface area contributed by atoms with Gasteiger partial charge in [0.1, 0.15) is 5.52 Å². The van der Waals surface area contributed by atoms with Crippen LogP contribution in [0.3, 0.4) is 0 Å². The molecule has 5 heteroatoms. The Morgan fingerprint density at radius 1 is 0.952 bits per heavy atom. The number of hydrogen-bond acceptors (Lipinski definition) is 4. The molecule has 0 saturated carbocycles.